The van der Waals surface area contributed by atoms with Crippen LogP contribution in [0, 0.1) is 0 Å². The lowest BCUT2D eigenvalue weighted by Gasteiger charge is -2.21. The Morgan fingerprint density at radius 2 is 0.886 bits per heavy atom. The van der Waals surface area contributed by atoms with Gasteiger partial charge in [0.15, 0.2) is 0 Å². The molecule has 5 aromatic carbocycles. The lowest BCUT2D eigenvalue weighted by molar-refractivity contribution is 0.450. The van der Waals surface area contributed by atoms with Crippen LogP contribution in [0.3, 0.4) is 0 Å². The van der Waals surface area contributed by atoms with Crippen LogP contribution in [0.2, 0.25) is 0 Å². The molecule has 0 fully saturated rings. The molecule has 172 valence electrons. The van der Waals surface area contributed by atoms with Gasteiger partial charge in [-0.15, -0.1) is 0 Å². The standard InChI is InChI=1S/C30H22O4S/c31-20-9-13-22(14-10-20)33-24-17-25(34-23-15-11-21(32)12-16-23)19-26(18-24)35-29-7-3-1-5-27(29)28-6-2-4-8-30(28)35/h1-19,31-32,35H. The Labute approximate surface area is 206 Å². The Hall–Kier alpha value is -4.35. The van der Waals surface area contributed by atoms with Crippen LogP contribution >= 0.6 is 10.9 Å². The van der Waals surface area contributed by atoms with Crippen LogP contribution in [0.15, 0.2) is 130 Å². The van der Waals surface area contributed by atoms with Gasteiger partial charge in [-0.2, -0.15) is 10.9 Å². The summed E-state index contributed by atoms with van der Waals surface area (Å²) in [6, 6.07) is 36.4. The molecule has 0 aromatic heterocycles. The van der Waals surface area contributed by atoms with Crippen molar-refractivity contribution in [3.63, 3.8) is 0 Å². The fourth-order valence-electron chi connectivity index (χ4n) is 4.30. The van der Waals surface area contributed by atoms with Crippen molar-refractivity contribution in [2.24, 2.45) is 0 Å². The van der Waals surface area contributed by atoms with Crippen LogP contribution in [0.25, 0.3) is 11.1 Å². The summed E-state index contributed by atoms with van der Waals surface area (Å²) >= 11 is 0. The van der Waals surface area contributed by atoms with Crippen LogP contribution in [-0.4, -0.2) is 10.2 Å². The summed E-state index contributed by atoms with van der Waals surface area (Å²) in [7, 11) is -0.804. The highest BCUT2D eigenvalue weighted by Gasteiger charge is 2.27. The molecule has 0 radical (unpaired) electrons. The summed E-state index contributed by atoms with van der Waals surface area (Å²) < 4.78 is 12.4. The molecule has 1 heterocycles. The molecule has 5 heteroatoms. The second-order valence-electron chi connectivity index (χ2n) is 8.22. The average Bonchev–Trinajstić information content (AvgIpc) is 3.21. The minimum Gasteiger partial charge on any atom is -0.508 e. The van der Waals surface area contributed by atoms with Gasteiger partial charge < -0.3 is 19.7 Å². The number of benzene rings is 5. The second kappa shape index (κ2) is 8.78. The minimum absolute atomic E-state index is 0.185. The number of ether oxygens (including phenoxy) is 2. The van der Waals surface area contributed by atoms with Crippen molar-refractivity contribution in [1.82, 2.24) is 0 Å². The van der Waals surface area contributed by atoms with Gasteiger partial charge in [0.25, 0.3) is 0 Å². The third-order valence-corrected chi connectivity index (χ3v) is 8.37. The molecule has 1 aliphatic heterocycles. The Morgan fingerprint density at radius 3 is 1.34 bits per heavy atom. The third kappa shape index (κ3) is 4.18. The molecule has 0 spiro atoms. The summed E-state index contributed by atoms with van der Waals surface area (Å²) in [6.45, 7) is 0. The topological polar surface area (TPSA) is 58.9 Å². The molecule has 2 N–H and O–H groups in total. The quantitative estimate of drug-likeness (QED) is 0.219. The lowest BCUT2D eigenvalue weighted by Crippen LogP contribution is -1.91. The molecule has 35 heavy (non-hydrogen) atoms. The molecule has 0 atom stereocenters. The number of thiol groups is 1. The van der Waals surface area contributed by atoms with E-state index in [0.29, 0.717) is 23.0 Å². The van der Waals surface area contributed by atoms with Gasteiger partial charge in [-0.1, -0.05) is 36.4 Å². The average molecular weight is 479 g/mol. The zero-order chi connectivity index (χ0) is 23.8. The van der Waals surface area contributed by atoms with Gasteiger partial charge in [-0.3, -0.25) is 0 Å². The first-order valence-corrected chi connectivity index (χ1v) is 12.6. The maximum Gasteiger partial charge on any atom is 0.132 e. The summed E-state index contributed by atoms with van der Waals surface area (Å²) in [6.07, 6.45) is 0. The maximum absolute atomic E-state index is 9.63. The zero-order valence-corrected chi connectivity index (χ0v) is 19.5. The number of hydrogen-bond acceptors (Lipinski definition) is 4. The fourth-order valence-corrected chi connectivity index (χ4v) is 6.98. The molecule has 1 aliphatic rings. The van der Waals surface area contributed by atoms with Crippen LogP contribution in [0.5, 0.6) is 34.5 Å². The largest absolute Gasteiger partial charge is 0.508 e. The van der Waals surface area contributed by atoms with E-state index < -0.39 is 10.9 Å². The van der Waals surface area contributed by atoms with Gasteiger partial charge in [-0.25, -0.2) is 0 Å². The maximum atomic E-state index is 9.63. The van der Waals surface area contributed by atoms with Crippen LogP contribution in [0.4, 0.5) is 0 Å². The molecule has 0 saturated carbocycles. The molecule has 0 saturated heterocycles. The van der Waals surface area contributed by atoms with Crippen LogP contribution in [-0.2, 0) is 0 Å². The van der Waals surface area contributed by atoms with E-state index in [1.807, 2.05) is 6.07 Å². The van der Waals surface area contributed by atoms with E-state index in [1.54, 1.807) is 48.5 Å². The molecule has 4 nitrogen and oxygen atoms in total. The van der Waals surface area contributed by atoms with Crippen LogP contribution < -0.4 is 9.47 Å². The van der Waals surface area contributed by atoms with E-state index in [2.05, 4.69) is 60.7 Å². The van der Waals surface area contributed by atoms with Crippen LogP contribution in [0.1, 0.15) is 0 Å². The van der Waals surface area contributed by atoms with Crippen molar-refractivity contribution in [3.8, 4) is 45.6 Å². The van der Waals surface area contributed by atoms with Gasteiger partial charge in [0.05, 0.1) is 0 Å². The Morgan fingerprint density at radius 1 is 0.457 bits per heavy atom. The van der Waals surface area contributed by atoms with Gasteiger partial charge in [-0.05, 0) is 83.9 Å². The predicted octanol–water partition coefficient (Wildman–Crippen LogP) is 8.14. The number of phenols is 2. The fraction of sp³-hybridized carbons (Fsp3) is 0. The number of fused-ring (bicyclic) bond motifs is 3. The van der Waals surface area contributed by atoms with Gasteiger partial charge in [0, 0.05) is 20.8 Å². The van der Waals surface area contributed by atoms with Gasteiger partial charge in [0.1, 0.15) is 34.5 Å². The van der Waals surface area contributed by atoms with E-state index in [9.17, 15) is 10.2 Å². The molecular formula is C30H22O4S. The number of rotatable bonds is 5. The molecule has 0 bridgehead atoms. The van der Waals surface area contributed by atoms with Crippen molar-refractivity contribution in [2.75, 3.05) is 0 Å². The van der Waals surface area contributed by atoms with Crippen molar-refractivity contribution < 1.29 is 19.7 Å². The van der Waals surface area contributed by atoms with E-state index in [0.717, 1.165) is 4.90 Å². The first-order valence-electron chi connectivity index (χ1n) is 11.2. The normalized spacial score (nSPS) is 12.6. The number of phenolic OH excluding ortho intramolecular Hbond substituents is 2. The van der Waals surface area contributed by atoms with Crippen molar-refractivity contribution in [1.29, 1.82) is 0 Å². The van der Waals surface area contributed by atoms with Crippen molar-refractivity contribution >= 4 is 10.9 Å². The van der Waals surface area contributed by atoms with Gasteiger partial charge in [0.2, 0.25) is 0 Å². The summed E-state index contributed by atoms with van der Waals surface area (Å²) in [5.74, 6) is 2.90. The third-order valence-electron chi connectivity index (χ3n) is 5.85. The number of aromatic hydroxyl groups is 2. The molecule has 0 aliphatic carbocycles. The highest BCUT2D eigenvalue weighted by atomic mass is 32.2. The Bertz CT molecular complexity index is 1400. The monoisotopic (exact) mass is 478 g/mol. The summed E-state index contributed by atoms with van der Waals surface area (Å²) in [4.78, 5) is 3.73. The SMILES string of the molecule is Oc1ccc(Oc2cc(Oc3ccc(O)cc3)cc([SH]3c4ccccc4-c4ccccc43)c2)cc1. The van der Waals surface area contributed by atoms with E-state index in [-0.39, 0.29) is 11.5 Å². The summed E-state index contributed by atoms with van der Waals surface area (Å²) in [5.41, 5.74) is 2.53. The summed E-state index contributed by atoms with van der Waals surface area (Å²) in [5, 5.41) is 19.3. The van der Waals surface area contributed by atoms with E-state index in [4.69, 9.17) is 9.47 Å². The highest BCUT2D eigenvalue weighted by molar-refractivity contribution is 8.17. The molecule has 0 amide bonds. The first kappa shape index (κ1) is 21.2. The first-order chi connectivity index (χ1) is 17.1. The van der Waals surface area contributed by atoms with E-state index >= 15 is 0 Å². The lowest BCUT2D eigenvalue weighted by atomic mass is 10.1. The molecule has 0 unspecified atom stereocenters. The Kier molecular flexibility index (Phi) is 5.32. The van der Waals surface area contributed by atoms with Crippen molar-refractivity contribution in [3.05, 3.63) is 115 Å². The molecule has 6 rings (SSSR count). The van der Waals surface area contributed by atoms with E-state index in [1.165, 1.54) is 20.9 Å². The predicted molar refractivity (Wildman–Crippen MR) is 138 cm³/mol. The zero-order valence-electron chi connectivity index (χ0n) is 18.6. The van der Waals surface area contributed by atoms with Gasteiger partial charge >= 0.3 is 0 Å². The second-order valence-corrected chi connectivity index (χ2v) is 10.4. The van der Waals surface area contributed by atoms with Crippen molar-refractivity contribution in [2.45, 2.75) is 14.7 Å². The molecular weight excluding hydrogens is 456 g/mol. The number of hydrogen-bond donors (Lipinski definition) is 3. The Balaban J connectivity index is 1.46. The minimum atomic E-state index is -0.804. The smallest absolute Gasteiger partial charge is 0.132 e. The highest BCUT2D eigenvalue weighted by Crippen LogP contribution is 2.63. The molecule has 5 aromatic rings.